The molecule has 0 aliphatic carbocycles. The molecule has 0 bridgehead atoms. The third kappa shape index (κ3) is 3.17. The summed E-state index contributed by atoms with van der Waals surface area (Å²) in [7, 11) is 0. The van der Waals surface area contributed by atoms with Gasteiger partial charge in [0.05, 0.1) is 11.0 Å². The fourth-order valence-corrected chi connectivity index (χ4v) is 3.38. The number of benzene rings is 3. The summed E-state index contributed by atoms with van der Waals surface area (Å²) in [5.41, 5.74) is 6.18. The molecule has 1 aliphatic rings. The summed E-state index contributed by atoms with van der Waals surface area (Å²) < 4.78 is 0. The Labute approximate surface area is 178 Å². The third-order valence-electron chi connectivity index (χ3n) is 4.70. The molecule has 1 radical (unpaired) electrons. The van der Waals surface area contributed by atoms with Crippen molar-refractivity contribution in [2.45, 2.75) is 13.8 Å². The van der Waals surface area contributed by atoms with Crippen LogP contribution in [0.15, 0.2) is 66.7 Å². The van der Waals surface area contributed by atoms with Crippen molar-refractivity contribution in [2.75, 3.05) is 9.80 Å². The monoisotopic (exact) mass is 543 g/mol. The second-order valence-corrected chi connectivity index (χ2v) is 6.81. The SMILES string of the molecule is Cc1cc[c-]c(N2[CH-]N(c3cccc(C)c3)c3nc4ccccc4nc32)c1.[Ir]. The zero-order chi connectivity index (χ0) is 18.4. The smallest absolute Gasteiger partial charge is 0.146 e. The van der Waals surface area contributed by atoms with Crippen molar-refractivity contribution in [2.24, 2.45) is 0 Å². The Bertz CT molecular complexity index is 1070. The first-order valence-corrected chi connectivity index (χ1v) is 8.94. The van der Waals surface area contributed by atoms with Crippen molar-refractivity contribution in [1.82, 2.24) is 9.97 Å². The van der Waals surface area contributed by atoms with Gasteiger partial charge in [-0.15, -0.1) is 18.4 Å². The van der Waals surface area contributed by atoms with Crippen molar-refractivity contribution in [3.63, 3.8) is 0 Å². The summed E-state index contributed by atoms with van der Waals surface area (Å²) in [6.07, 6.45) is 0. The van der Waals surface area contributed by atoms with E-state index in [0.717, 1.165) is 34.0 Å². The van der Waals surface area contributed by atoms with E-state index in [2.05, 4.69) is 60.0 Å². The van der Waals surface area contributed by atoms with Crippen molar-refractivity contribution < 1.29 is 20.1 Å². The summed E-state index contributed by atoms with van der Waals surface area (Å²) in [6, 6.07) is 25.8. The van der Waals surface area contributed by atoms with Gasteiger partial charge in [-0.05, 0) is 36.8 Å². The maximum Gasteiger partial charge on any atom is 0.146 e. The number of aromatic nitrogens is 2. The molecule has 0 fully saturated rings. The summed E-state index contributed by atoms with van der Waals surface area (Å²) in [5, 5.41) is 0. The van der Waals surface area contributed by atoms with Crippen LogP contribution >= 0.6 is 0 Å². The Balaban J connectivity index is 0.00000192. The van der Waals surface area contributed by atoms with Crippen LogP contribution in [0.5, 0.6) is 0 Å². The van der Waals surface area contributed by atoms with Gasteiger partial charge in [-0.2, -0.15) is 23.8 Å². The van der Waals surface area contributed by atoms with Gasteiger partial charge in [0.15, 0.2) is 0 Å². The van der Waals surface area contributed by atoms with Crippen LogP contribution in [0.3, 0.4) is 0 Å². The predicted molar refractivity (Wildman–Crippen MR) is 109 cm³/mol. The van der Waals surface area contributed by atoms with E-state index in [4.69, 9.17) is 9.97 Å². The van der Waals surface area contributed by atoms with Crippen molar-refractivity contribution in [1.29, 1.82) is 0 Å². The van der Waals surface area contributed by atoms with E-state index in [1.165, 1.54) is 11.1 Å². The number of anilines is 4. The first kappa shape index (κ1) is 18.6. The second kappa shape index (κ2) is 7.34. The first-order valence-electron chi connectivity index (χ1n) is 8.94. The number of hydrogen-bond acceptors (Lipinski definition) is 4. The number of nitrogens with zero attached hydrogens (tertiary/aromatic N) is 4. The van der Waals surface area contributed by atoms with E-state index in [1.54, 1.807) is 0 Å². The van der Waals surface area contributed by atoms with Gasteiger partial charge in [-0.25, -0.2) is 9.97 Å². The van der Waals surface area contributed by atoms with Crippen molar-refractivity contribution >= 4 is 34.0 Å². The normalized spacial score (nSPS) is 12.8. The molecule has 0 N–H and O–H groups in total. The molecule has 1 aliphatic heterocycles. The van der Waals surface area contributed by atoms with Crippen LogP contribution in [0.25, 0.3) is 11.0 Å². The Kier molecular flexibility index (Phi) is 4.88. The van der Waals surface area contributed by atoms with E-state index >= 15 is 0 Å². The molecular weight excluding hydrogens is 524 g/mol. The fourth-order valence-electron chi connectivity index (χ4n) is 3.38. The molecule has 0 atom stereocenters. The first-order chi connectivity index (χ1) is 13.2. The van der Waals surface area contributed by atoms with Crippen LogP contribution < -0.4 is 9.80 Å². The van der Waals surface area contributed by atoms with E-state index < -0.39 is 0 Å². The van der Waals surface area contributed by atoms with Gasteiger partial charge in [-0.1, -0.05) is 31.2 Å². The molecule has 0 spiro atoms. The molecule has 28 heavy (non-hydrogen) atoms. The topological polar surface area (TPSA) is 32.3 Å². The number of hydrogen-bond donors (Lipinski definition) is 0. The molecule has 0 saturated heterocycles. The number of para-hydroxylation sites is 2. The van der Waals surface area contributed by atoms with Crippen molar-refractivity contribution in [3.8, 4) is 0 Å². The minimum absolute atomic E-state index is 0. The Morgan fingerprint density at radius 1 is 0.786 bits per heavy atom. The summed E-state index contributed by atoms with van der Waals surface area (Å²) >= 11 is 0. The molecule has 3 aromatic carbocycles. The maximum atomic E-state index is 4.92. The Morgan fingerprint density at radius 3 is 2.14 bits per heavy atom. The standard InChI is InChI=1S/C23H18N4.Ir/c1-16-7-5-9-18(13-16)26-15-27(19-10-6-8-17(2)14-19)23-22(26)24-20-11-3-4-12-21(20)25-23;/h3-9,11-15H,1-2H3;/q-2;. The van der Waals surface area contributed by atoms with Crippen LogP contribution in [0, 0.1) is 26.6 Å². The molecule has 1 aromatic heterocycles. The van der Waals surface area contributed by atoms with Crippen LogP contribution in [-0.4, -0.2) is 9.97 Å². The number of rotatable bonds is 2. The van der Waals surface area contributed by atoms with E-state index in [-0.39, 0.29) is 20.1 Å². The minimum Gasteiger partial charge on any atom is -0.477 e. The molecule has 0 saturated carbocycles. The molecule has 141 valence electrons. The fraction of sp³-hybridized carbons (Fsp3) is 0.0870. The largest absolute Gasteiger partial charge is 0.477 e. The second-order valence-electron chi connectivity index (χ2n) is 6.81. The zero-order valence-electron chi connectivity index (χ0n) is 15.6. The van der Waals surface area contributed by atoms with E-state index in [1.807, 2.05) is 43.1 Å². The average molecular weight is 543 g/mol. The Morgan fingerprint density at radius 2 is 1.46 bits per heavy atom. The van der Waals surface area contributed by atoms with Gasteiger partial charge in [-0.3, -0.25) is 0 Å². The molecule has 5 heteroatoms. The minimum atomic E-state index is 0. The van der Waals surface area contributed by atoms with Crippen LogP contribution in [0.4, 0.5) is 23.0 Å². The van der Waals surface area contributed by atoms with Crippen molar-refractivity contribution in [3.05, 3.63) is 90.6 Å². The molecule has 4 nitrogen and oxygen atoms in total. The Hall–Kier alpha value is -2.75. The van der Waals surface area contributed by atoms with Gasteiger partial charge in [0, 0.05) is 25.8 Å². The maximum absolute atomic E-state index is 4.92. The average Bonchev–Trinajstić information content (AvgIpc) is 3.05. The van der Waals surface area contributed by atoms with Gasteiger partial charge in [0.2, 0.25) is 0 Å². The van der Waals surface area contributed by atoms with Gasteiger partial charge in [0.1, 0.15) is 11.6 Å². The van der Waals surface area contributed by atoms with E-state index in [9.17, 15) is 0 Å². The number of fused-ring (bicyclic) bond motifs is 2. The van der Waals surface area contributed by atoms with Crippen LogP contribution in [-0.2, 0) is 20.1 Å². The molecule has 0 amide bonds. The van der Waals surface area contributed by atoms with Gasteiger partial charge < -0.3 is 9.80 Å². The number of aryl methyl sites for hydroxylation is 2. The molecule has 4 aromatic rings. The molecular formula is C23H18IrN4-2. The molecule has 5 rings (SSSR count). The van der Waals surface area contributed by atoms with E-state index in [0.29, 0.717) is 0 Å². The molecule has 0 unspecified atom stereocenters. The zero-order valence-corrected chi connectivity index (χ0v) is 17.9. The molecule has 2 heterocycles. The summed E-state index contributed by atoms with van der Waals surface area (Å²) in [5.74, 6) is 1.64. The predicted octanol–water partition coefficient (Wildman–Crippen LogP) is 5.45. The quantitative estimate of drug-likeness (QED) is 0.315. The van der Waals surface area contributed by atoms with Gasteiger partial charge in [0.25, 0.3) is 0 Å². The summed E-state index contributed by atoms with van der Waals surface area (Å²) in [4.78, 5) is 14.0. The van der Waals surface area contributed by atoms with Gasteiger partial charge >= 0.3 is 0 Å². The third-order valence-corrected chi connectivity index (χ3v) is 4.70. The van der Waals surface area contributed by atoms with Crippen LogP contribution in [0.2, 0.25) is 0 Å². The van der Waals surface area contributed by atoms with Crippen LogP contribution in [0.1, 0.15) is 11.1 Å². The summed E-state index contributed by atoms with van der Waals surface area (Å²) in [6.45, 7) is 6.22.